The maximum atomic E-state index is 12.1. The Bertz CT molecular complexity index is 591. The largest absolute Gasteiger partial charge is 0.497 e. The van der Waals surface area contributed by atoms with Crippen LogP contribution >= 0.6 is 0 Å². The van der Waals surface area contributed by atoms with Gasteiger partial charge in [0.2, 0.25) is 0 Å². The van der Waals surface area contributed by atoms with Gasteiger partial charge >= 0.3 is 11.9 Å². The normalized spacial score (nSPS) is 12.8. The molecule has 0 aromatic heterocycles. The van der Waals surface area contributed by atoms with Gasteiger partial charge in [-0.3, -0.25) is 9.59 Å². The molecule has 0 saturated carbocycles. The summed E-state index contributed by atoms with van der Waals surface area (Å²) in [7, 11) is 3.67. The summed E-state index contributed by atoms with van der Waals surface area (Å²) in [6, 6.07) is 6.44. The van der Waals surface area contributed by atoms with Gasteiger partial charge in [0.25, 0.3) is 0 Å². The van der Waals surface area contributed by atoms with E-state index in [9.17, 15) is 9.59 Å². The summed E-state index contributed by atoms with van der Waals surface area (Å²) in [5.41, 5.74) is -1.80. The van der Waals surface area contributed by atoms with Gasteiger partial charge in [0.15, 0.2) is 5.41 Å². The van der Waals surface area contributed by atoms with E-state index in [1.807, 2.05) is 0 Å². The Balaban J connectivity index is 3.35. The number of allylic oxidation sites excluding steroid dienone is 1. The maximum Gasteiger partial charge on any atom is 0.323 e. The lowest BCUT2D eigenvalue weighted by Crippen LogP contribution is -2.38. The van der Waals surface area contributed by atoms with Gasteiger partial charge in [0, 0.05) is 2.74 Å². The summed E-state index contributed by atoms with van der Waals surface area (Å²) in [5.74, 6) is -1.49. The SMILES string of the molecule is [2H]C([2H])(C(=C)c1ccc(OC)cc1)C(C)(C(=O)OC)C(=O)OC. The molecule has 21 heavy (non-hydrogen) atoms. The van der Waals surface area contributed by atoms with Gasteiger partial charge in [0.05, 0.1) is 21.3 Å². The number of hydrogen-bond acceptors (Lipinski definition) is 5. The molecule has 0 bridgehead atoms. The zero-order valence-corrected chi connectivity index (χ0v) is 12.6. The van der Waals surface area contributed by atoms with Gasteiger partial charge in [-0.05, 0) is 36.6 Å². The number of rotatable bonds is 6. The van der Waals surface area contributed by atoms with E-state index < -0.39 is 23.7 Å². The highest BCUT2D eigenvalue weighted by molar-refractivity contribution is 6.01. The number of methoxy groups -OCH3 is 3. The molecule has 1 aromatic carbocycles. The third kappa shape index (κ3) is 3.62. The minimum atomic E-state index is -2.43. The number of hydrogen-bond donors (Lipinski definition) is 0. The van der Waals surface area contributed by atoms with Crippen molar-refractivity contribution in [2.45, 2.75) is 13.3 Å². The van der Waals surface area contributed by atoms with Crippen molar-refractivity contribution in [2.75, 3.05) is 21.3 Å². The standard InChI is InChI=1S/C16H20O5/c1-11(12-6-8-13(19-3)9-7-12)10-16(2,14(17)20-4)15(18)21-5/h6-9H,1,10H2,2-5H3/i10D2. The maximum absolute atomic E-state index is 12.1. The van der Waals surface area contributed by atoms with Gasteiger partial charge in [-0.25, -0.2) is 0 Å². The van der Waals surface area contributed by atoms with Gasteiger partial charge in [-0.15, -0.1) is 0 Å². The number of carbonyl (C=O) groups is 2. The molecule has 1 rings (SSSR count). The Morgan fingerprint density at radius 3 is 2.00 bits per heavy atom. The van der Waals surface area contributed by atoms with Crippen molar-refractivity contribution in [1.29, 1.82) is 0 Å². The fourth-order valence-corrected chi connectivity index (χ4v) is 1.76. The van der Waals surface area contributed by atoms with Crippen LogP contribution in [-0.4, -0.2) is 33.3 Å². The average molecular weight is 294 g/mol. The van der Waals surface area contributed by atoms with Crippen LogP contribution in [0, 0.1) is 5.41 Å². The summed E-state index contributed by atoms with van der Waals surface area (Å²) >= 11 is 0. The lowest BCUT2D eigenvalue weighted by Gasteiger charge is -2.24. The van der Waals surface area contributed by atoms with E-state index in [1.54, 1.807) is 24.3 Å². The van der Waals surface area contributed by atoms with E-state index in [-0.39, 0.29) is 5.57 Å². The molecule has 0 fully saturated rings. The number of esters is 2. The monoisotopic (exact) mass is 294 g/mol. The summed E-state index contributed by atoms with van der Waals surface area (Å²) in [4.78, 5) is 24.2. The van der Waals surface area contributed by atoms with Crippen LogP contribution in [0.4, 0.5) is 0 Å². The molecule has 0 aliphatic heterocycles. The van der Waals surface area contributed by atoms with Gasteiger partial charge in [0.1, 0.15) is 5.75 Å². The van der Waals surface area contributed by atoms with Crippen LogP contribution in [-0.2, 0) is 19.1 Å². The summed E-state index contributed by atoms with van der Waals surface area (Å²) < 4.78 is 30.9. The molecule has 0 spiro atoms. The van der Waals surface area contributed by atoms with E-state index >= 15 is 0 Å². The van der Waals surface area contributed by atoms with Crippen LogP contribution < -0.4 is 4.74 Å². The topological polar surface area (TPSA) is 61.8 Å². The summed E-state index contributed by atoms with van der Waals surface area (Å²) in [6.07, 6.45) is -2.43. The highest BCUT2D eigenvalue weighted by Crippen LogP contribution is 2.33. The predicted octanol–water partition coefficient (Wildman–Crippen LogP) is 2.45. The Morgan fingerprint density at radius 1 is 1.14 bits per heavy atom. The second kappa shape index (κ2) is 6.92. The minimum Gasteiger partial charge on any atom is -0.497 e. The molecule has 5 heteroatoms. The van der Waals surface area contributed by atoms with E-state index in [0.717, 1.165) is 21.1 Å². The molecule has 0 aliphatic rings. The molecule has 0 heterocycles. The third-order valence-corrected chi connectivity index (χ3v) is 3.03. The highest BCUT2D eigenvalue weighted by Gasteiger charge is 2.44. The summed E-state index contributed by atoms with van der Waals surface area (Å²) in [5, 5.41) is 0. The van der Waals surface area contributed by atoms with Crippen molar-refractivity contribution < 1.29 is 26.5 Å². The van der Waals surface area contributed by atoms with E-state index in [2.05, 4.69) is 16.1 Å². The van der Waals surface area contributed by atoms with Crippen molar-refractivity contribution in [3.05, 3.63) is 36.4 Å². The van der Waals surface area contributed by atoms with Gasteiger partial charge < -0.3 is 14.2 Å². The Kier molecular flexibility index (Phi) is 4.51. The number of ether oxygens (including phenoxy) is 3. The van der Waals surface area contributed by atoms with Crippen LogP contribution in [0.2, 0.25) is 0 Å². The second-order valence-electron chi connectivity index (χ2n) is 4.44. The Labute approximate surface area is 127 Å². The molecular formula is C16H20O5. The molecule has 0 saturated heterocycles. The Hall–Kier alpha value is -2.30. The van der Waals surface area contributed by atoms with Crippen molar-refractivity contribution >= 4 is 17.5 Å². The number of carbonyl (C=O) groups excluding carboxylic acids is 2. The van der Waals surface area contributed by atoms with Gasteiger partial charge in [-0.1, -0.05) is 18.7 Å². The zero-order chi connectivity index (χ0) is 17.8. The molecule has 0 aliphatic carbocycles. The molecule has 1 aromatic rings. The predicted molar refractivity (Wildman–Crippen MR) is 78.8 cm³/mol. The van der Waals surface area contributed by atoms with Crippen LogP contribution in [0.3, 0.4) is 0 Å². The molecule has 0 N–H and O–H groups in total. The molecule has 0 atom stereocenters. The molecule has 0 unspecified atom stereocenters. The fraction of sp³-hybridized carbons (Fsp3) is 0.375. The fourth-order valence-electron chi connectivity index (χ4n) is 1.76. The zero-order valence-electron chi connectivity index (χ0n) is 14.6. The highest BCUT2D eigenvalue weighted by atomic mass is 16.5. The molecule has 0 radical (unpaired) electrons. The Morgan fingerprint density at radius 2 is 1.62 bits per heavy atom. The van der Waals surface area contributed by atoms with Crippen molar-refractivity contribution in [1.82, 2.24) is 0 Å². The second-order valence-corrected chi connectivity index (χ2v) is 4.44. The van der Waals surface area contributed by atoms with Crippen molar-refractivity contribution in [3.8, 4) is 5.75 Å². The molecule has 0 amide bonds. The first kappa shape index (κ1) is 13.7. The number of benzene rings is 1. The van der Waals surface area contributed by atoms with Crippen LogP contribution in [0.5, 0.6) is 5.75 Å². The van der Waals surface area contributed by atoms with E-state index in [0.29, 0.717) is 11.3 Å². The first-order valence-electron chi connectivity index (χ1n) is 7.17. The van der Waals surface area contributed by atoms with Crippen molar-refractivity contribution in [2.24, 2.45) is 5.41 Å². The van der Waals surface area contributed by atoms with Crippen LogP contribution in [0.25, 0.3) is 5.57 Å². The minimum absolute atomic E-state index is 0.0431. The molecule has 114 valence electrons. The quantitative estimate of drug-likeness (QED) is 0.595. The van der Waals surface area contributed by atoms with Gasteiger partial charge in [-0.2, -0.15) is 0 Å². The lowest BCUT2D eigenvalue weighted by molar-refractivity contribution is -0.167. The average Bonchev–Trinajstić information content (AvgIpc) is 2.58. The van der Waals surface area contributed by atoms with Crippen LogP contribution in [0.15, 0.2) is 30.8 Å². The first-order chi connectivity index (χ1) is 10.7. The smallest absolute Gasteiger partial charge is 0.323 e. The van der Waals surface area contributed by atoms with Crippen molar-refractivity contribution in [3.63, 3.8) is 0 Å². The van der Waals surface area contributed by atoms with Crippen LogP contribution in [0.1, 0.15) is 21.6 Å². The van der Waals surface area contributed by atoms with E-state index in [4.69, 9.17) is 7.48 Å². The molecule has 5 nitrogen and oxygen atoms in total. The lowest BCUT2D eigenvalue weighted by atomic mass is 9.82. The van der Waals surface area contributed by atoms with E-state index in [1.165, 1.54) is 7.11 Å². The molecular weight excluding hydrogens is 272 g/mol. The summed E-state index contributed by atoms with van der Waals surface area (Å²) in [6.45, 7) is 4.86. The first-order valence-corrected chi connectivity index (χ1v) is 6.17. The third-order valence-electron chi connectivity index (χ3n) is 3.03.